The Hall–Kier alpha value is -0.280. The first kappa shape index (κ1) is 12.8. The molecule has 0 radical (unpaired) electrons. The van der Waals surface area contributed by atoms with E-state index in [2.05, 4.69) is 22.9 Å². The number of alkyl halides is 1. The fraction of sp³-hybridized carbons (Fsp3) is 0.545. The molecule has 0 saturated heterocycles. The number of pyridine rings is 1. The van der Waals surface area contributed by atoms with Crippen molar-refractivity contribution in [3.63, 3.8) is 0 Å². The molecule has 0 bridgehead atoms. The zero-order valence-corrected chi connectivity index (χ0v) is 11.1. The lowest BCUT2D eigenvalue weighted by molar-refractivity contribution is 0.464. The minimum atomic E-state index is 0.0376. The van der Waals surface area contributed by atoms with Crippen LogP contribution in [0, 0.1) is 5.92 Å². The van der Waals surface area contributed by atoms with E-state index in [1.54, 1.807) is 10.6 Å². The normalized spacial score (nSPS) is 12.7. The van der Waals surface area contributed by atoms with Crippen LogP contribution in [0.25, 0.3) is 0 Å². The van der Waals surface area contributed by atoms with Crippen molar-refractivity contribution in [1.82, 2.24) is 4.57 Å². The minimum Gasteiger partial charge on any atom is -0.315 e. The molecule has 84 valence electrons. The van der Waals surface area contributed by atoms with Gasteiger partial charge in [0.15, 0.2) is 0 Å². The summed E-state index contributed by atoms with van der Waals surface area (Å²) in [6.45, 7) is 2.92. The number of hydrogen-bond donors (Lipinski definition) is 0. The van der Waals surface area contributed by atoms with Crippen LogP contribution >= 0.6 is 27.5 Å². The lowest BCUT2D eigenvalue weighted by Gasteiger charge is -2.10. The summed E-state index contributed by atoms with van der Waals surface area (Å²) in [5.74, 6) is 1.25. The summed E-state index contributed by atoms with van der Waals surface area (Å²) >= 11 is 8.89. The second-order valence-electron chi connectivity index (χ2n) is 3.73. The summed E-state index contributed by atoms with van der Waals surface area (Å²) in [6, 6.07) is 3.64. The van der Waals surface area contributed by atoms with Crippen LogP contribution in [-0.2, 0) is 6.54 Å². The van der Waals surface area contributed by atoms with Crippen LogP contribution in [0.4, 0.5) is 0 Å². The standard InChI is InChI=1S/C11H15BrClNO/c1-9(4-6-13)5-8-14-7-2-3-10(12)11(14)15/h2-3,7,9H,4-6,8H2,1H3. The smallest absolute Gasteiger partial charge is 0.264 e. The Morgan fingerprint density at radius 1 is 1.53 bits per heavy atom. The Labute approximate surface area is 103 Å². The van der Waals surface area contributed by atoms with Crippen molar-refractivity contribution >= 4 is 27.5 Å². The van der Waals surface area contributed by atoms with E-state index in [0.29, 0.717) is 16.3 Å². The zero-order chi connectivity index (χ0) is 11.3. The first-order valence-electron chi connectivity index (χ1n) is 5.06. The van der Waals surface area contributed by atoms with E-state index in [1.165, 1.54) is 0 Å². The molecule has 1 rings (SSSR count). The highest BCUT2D eigenvalue weighted by Crippen LogP contribution is 2.09. The molecule has 1 heterocycles. The molecule has 1 atom stereocenters. The fourth-order valence-corrected chi connectivity index (χ4v) is 2.13. The third kappa shape index (κ3) is 3.99. The Morgan fingerprint density at radius 3 is 2.93 bits per heavy atom. The zero-order valence-electron chi connectivity index (χ0n) is 8.75. The SMILES string of the molecule is CC(CCCl)CCn1cccc(Br)c1=O. The van der Waals surface area contributed by atoms with Crippen molar-refractivity contribution < 1.29 is 0 Å². The van der Waals surface area contributed by atoms with E-state index in [-0.39, 0.29) is 5.56 Å². The molecule has 0 N–H and O–H groups in total. The molecule has 0 fully saturated rings. The van der Waals surface area contributed by atoms with E-state index in [4.69, 9.17) is 11.6 Å². The van der Waals surface area contributed by atoms with Crippen molar-refractivity contribution in [3.8, 4) is 0 Å². The molecule has 2 nitrogen and oxygen atoms in total. The Morgan fingerprint density at radius 2 is 2.27 bits per heavy atom. The molecule has 0 spiro atoms. The van der Waals surface area contributed by atoms with Crippen LogP contribution in [0.3, 0.4) is 0 Å². The van der Waals surface area contributed by atoms with Crippen LogP contribution in [0.5, 0.6) is 0 Å². The van der Waals surface area contributed by atoms with E-state index in [9.17, 15) is 4.79 Å². The second kappa shape index (κ2) is 6.33. The van der Waals surface area contributed by atoms with Crippen molar-refractivity contribution in [2.24, 2.45) is 5.92 Å². The van der Waals surface area contributed by atoms with Gasteiger partial charge < -0.3 is 4.57 Å². The highest BCUT2D eigenvalue weighted by Gasteiger charge is 2.03. The summed E-state index contributed by atoms with van der Waals surface area (Å²) in [5, 5.41) is 0. The molecule has 1 aromatic heterocycles. The maximum absolute atomic E-state index is 11.6. The first-order valence-corrected chi connectivity index (χ1v) is 6.39. The van der Waals surface area contributed by atoms with E-state index >= 15 is 0 Å². The molecule has 15 heavy (non-hydrogen) atoms. The number of halogens is 2. The average Bonchev–Trinajstić information content (AvgIpc) is 2.21. The quantitative estimate of drug-likeness (QED) is 0.764. The average molecular weight is 293 g/mol. The van der Waals surface area contributed by atoms with Gasteiger partial charge in [-0.25, -0.2) is 0 Å². The van der Waals surface area contributed by atoms with Gasteiger partial charge in [-0.15, -0.1) is 11.6 Å². The Balaban J connectivity index is 2.58. The van der Waals surface area contributed by atoms with Gasteiger partial charge in [0.1, 0.15) is 0 Å². The maximum atomic E-state index is 11.6. The first-order chi connectivity index (χ1) is 7.15. The van der Waals surface area contributed by atoms with Gasteiger partial charge in [-0.3, -0.25) is 4.79 Å². The predicted octanol–water partition coefficient (Wildman–Crippen LogP) is 3.27. The van der Waals surface area contributed by atoms with Gasteiger partial charge in [0.05, 0.1) is 4.47 Å². The van der Waals surface area contributed by atoms with Crippen LogP contribution in [-0.4, -0.2) is 10.4 Å². The van der Waals surface area contributed by atoms with Crippen LogP contribution in [0.15, 0.2) is 27.6 Å². The molecule has 0 aliphatic carbocycles. The van der Waals surface area contributed by atoms with Crippen molar-refractivity contribution in [3.05, 3.63) is 33.2 Å². The van der Waals surface area contributed by atoms with E-state index in [1.807, 2.05) is 12.3 Å². The molecular weight excluding hydrogens is 277 g/mol. The maximum Gasteiger partial charge on any atom is 0.264 e. The minimum absolute atomic E-state index is 0.0376. The van der Waals surface area contributed by atoms with Gasteiger partial charge in [-0.2, -0.15) is 0 Å². The predicted molar refractivity (Wildman–Crippen MR) is 67.5 cm³/mol. The van der Waals surface area contributed by atoms with Gasteiger partial charge in [0.2, 0.25) is 0 Å². The molecule has 0 aliphatic rings. The molecule has 1 aromatic rings. The van der Waals surface area contributed by atoms with Crippen molar-refractivity contribution in [2.75, 3.05) is 5.88 Å². The summed E-state index contributed by atoms with van der Waals surface area (Å²) < 4.78 is 2.35. The lowest BCUT2D eigenvalue weighted by Crippen LogP contribution is -2.20. The molecule has 1 unspecified atom stereocenters. The number of aromatic nitrogens is 1. The van der Waals surface area contributed by atoms with Gasteiger partial charge in [0, 0.05) is 18.6 Å². The summed E-state index contributed by atoms with van der Waals surface area (Å²) in [6.07, 6.45) is 3.81. The van der Waals surface area contributed by atoms with Crippen LogP contribution in [0.1, 0.15) is 19.8 Å². The largest absolute Gasteiger partial charge is 0.315 e. The van der Waals surface area contributed by atoms with E-state index in [0.717, 1.165) is 19.4 Å². The Bertz CT molecular complexity index is 364. The number of rotatable bonds is 5. The number of aryl methyl sites for hydroxylation is 1. The van der Waals surface area contributed by atoms with Gasteiger partial charge in [-0.05, 0) is 46.8 Å². The van der Waals surface area contributed by atoms with Crippen LogP contribution in [0.2, 0.25) is 0 Å². The third-order valence-corrected chi connectivity index (χ3v) is 3.26. The molecule has 4 heteroatoms. The highest BCUT2D eigenvalue weighted by atomic mass is 79.9. The molecule has 0 aliphatic heterocycles. The topological polar surface area (TPSA) is 22.0 Å². The Kier molecular flexibility index (Phi) is 5.40. The molecule has 0 aromatic carbocycles. The fourth-order valence-electron chi connectivity index (χ4n) is 1.37. The molecule has 0 amide bonds. The van der Waals surface area contributed by atoms with Gasteiger partial charge in [0.25, 0.3) is 5.56 Å². The molecular formula is C11H15BrClNO. The molecule has 0 saturated carbocycles. The van der Waals surface area contributed by atoms with Crippen molar-refractivity contribution in [2.45, 2.75) is 26.3 Å². The van der Waals surface area contributed by atoms with E-state index < -0.39 is 0 Å². The summed E-state index contributed by atoms with van der Waals surface area (Å²) in [5.41, 5.74) is 0.0376. The second-order valence-corrected chi connectivity index (χ2v) is 4.96. The number of nitrogens with zero attached hydrogens (tertiary/aromatic N) is 1. The summed E-state index contributed by atoms with van der Waals surface area (Å²) in [7, 11) is 0. The summed E-state index contributed by atoms with van der Waals surface area (Å²) in [4.78, 5) is 11.6. The van der Waals surface area contributed by atoms with Crippen LogP contribution < -0.4 is 5.56 Å². The number of hydrogen-bond acceptors (Lipinski definition) is 1. The lowest BCUT2D eigenvalue weighted by atomic mass is 10.1. The van der Waals surface area contributed by atoms with Gasteiger partial charge in [-0.1, -0.05) is 6.92 Å². The monoisotopic (exact) mass is 291 g/mol. The highest BCUT2D eigenvalue weighted by molar-refractivity contribution is 9.10. The van der Waals surface area contributed by atoms with Crippen molar-refractivity contribution in [1.29, 1.82) is 0 Å². The van der Waals surface area contributed by atoms with Gasteiger partial charge >= 0.3 is 0 Å². The third-order valence-electron chi connectivity index (χ3n) is 2.44.